The van der Waals surface area contributed by atoms with Crippen LogP contribution in [0.5, 0.6) is 5.88 Å². The summed E-state index contributed by atoms with van der Waals surface area (Å²) < 4.78 is 5.02. The van der Waals surface area contributed by atoms with Crippen LogP contribution in [0.15, 0.2) is 18.3 Å². The average Bonchev–Trinajstić information content (AvgIpc) is 2.84. The molecule has 2 rings (SSSR count). The van der Waals surface area contributed by atoms with Crippen molar-refractivity contribution in [2.45, 2.75) is 32.6 Å². The van der Waals surface area contributed by atoms with Gasteiger partial charge >= 0.3 is 5.97 Å². The Labute approximate surface area is 127 Å². The lowest BCUT2D eigenvalue weighted by Gasteiger charge is -2.16. The molecule has 0 aromatic carbocycles. The van der Waals surface area contributed by atoms with Gasteiger partial charge in [-0.25, -0.2) is 14.8 Å². The molecule has 1 N–H and O–H groups in total. The molecular formula is C15H18N2O3S. The summed E-state index contributed by atoms with van der Waals surface area (Å²) in [6, 6.07) is 3.69. The molecule has 0 spiro atoms. The van der Waals surface area contributed by atoms with Gasteiger partial charge in [0, 0.05) is 24.1 Å². The van der Waals surface area contributed by atoms with E-state index in [0.717, 1.165) is 10.6 Å². The van der Waals surface area contributed by atoms with Crippen molar-refractivity contribution >= 4 is 17.3 Å². The number of carbonyl (C=O) groups is 1. The second-order valence-corrected chi connectivity index (χ2v) is 6.81. The first-order chi connectivity index (χ1) is 9.81. The highest BCUT2D eigenvalue weighted by Gasteiger charge is 2.26. The zero-order valence-corrected chi connectivity index (χ0v) is 13.3. The minimum Gasteiger partial charge on any atom is -0.481 e. The van der Waals surface area contributed by atoms with Crippen molar-refractivity contribution in [2.24, 2.45) is 0 Å². The Kier molecular flexibility index (Phi) is 4.27. The topological polar surface area (TPSA) is 72.3 Å². The third-order valence-corrected chi connectivity index (χ3v) is 3.98. The lowest BCUT2D eigenvalue weighted by molar-refractivity contribution is 0.0699. The van der Waals surface area contributed by atoms with E-state index in [1.165, 1.54) is 11.3 Å². The molecule has 0 unspecified atom stereocenters. The van der Waals surface area contributed by atoms with Gasteiger partial charge in [0.1, 0.15) is 4.88 Å². The molecule has 21 heavy (non-hydrogen) atoms. The first-order valence-corrected chi connectivity index (χ1v) is 7.35. The highest BCUT2D eigenvalue weighted by Crippen LogP contribution is 2.30. The third kappa shape index (κ3) is 3.58. The SMILES string of the molecule is COc1ccc(Cc2nc(C(C)(C)C)c(C(=O)O)s2)cn1. The molecule has 0 radical (unpaired) electrons. The van der Waals surface area contributed by atoms with Crippen LogP contribution in [0.25, 0.3) is 0 Å². The van der Waals surface area contributed by atoms with Crippen LogP contribution in [0.3, 0.4) is 0 Å². The van der Waals surface area contributed by atoms with E-state index in [1.54, 1.807) is 19.4 Å². The Morgan fingerprint density at radius 3 is 2.52 bits per heavy atom. The Bertz CT molecular complexity index is 642. The molecule has 0 fully saturated rings. The molecule has 0 aliphatic carbocycles. The van der Waals surface area contributed by atoms with Crippen LogP contribution in [0.4, 0.5) is 0 Å². The number of hydrogen-bond acceptors (Lipinski definition) is 5. The van der Waals surface area contributed by atoms with Crippen molar-refractivity contribution in [3.63, 3.8) is 0 Å². The number of hydrogen-bond donors (Lipinski definition) is 1. The smallest absolute Gasteiger partial charge is 0.347 e. The number of carboxylic acids is 1. The monoisotopic (exact) mass is 306 g/mol. The van der Waals surface area contributed by atoms with E-state index in [9.17, 15) is 9.90 Å². The summed E-state index contributed by atoms with van der Waals surface area (Å²) in [6.45, 7) is 5.90. The van der Waals surface area contributed by atoms with Gasteiger partial charge in [-0.05, 0) is 5.56 Å². The summed E-state index contributed by atoms with van der Waals surface area (Å²) in [5, 5.41) is 10.1. The summed E-state index contributed by atoms with van der Waals surface area (Å²) in [6.07, 6.45) is 2.29. The fourth-order valence-electron chi connectivity index (χ4n) is 1.90. The molecule has 2 aromatic heterocycles. The van der Waals surface area contributed by atoms with E-state index in [-0.39, 0.29) is 5.41 Å². The number of rotatable bonds is 4. The lowest BCUT2D eigenvalue weighted by atomic mass is 9.91. The van der Waals surface area contributed by atoms with E-state index in [1.807, 2.05) is 26.8 Å². The number of nitrogens with zero attached hydrogens (tertiary/aromatic N) is 2. The fraction of sp³-hybridized carbons (Fsp3) is 0.400. The number of methoxy groups -OCH3 is 1. The minimum absolute atomic E-state index is 0.291. The van der Waals surface area contributed by atoms with E-state index in [0.29, 0.717) is 22.9 Å². The largest absolute Gasteiger partial charge is 0.481 e. The van der Waals surface area contributed by atoms with Gasteiger partial charge in [-0.1, -0.05) is 26.8 Å². The highest BCUT2D eigenvalue weighted by molar-refractivity contribution is 7.13. The maximum Gasteiger partial charge on any atom is 0.347 e. The number of carboxylic acid groups (broad SMARTS) is 1. The van der Waals surface area contributed by atoms with Gasteiger partial charge in [0.05, 0.1) is 17.8 Å². The van der Waals surface area contributed by atoms with Crippen LogP contribution in [0.1, 0.15) is 46.7 Å². The molecular weight excluding hydrogens is 288 g/mol. The maximum absolute atomic E-state index is 11.4. The molecule has 0 aliphatic rings. The molecule has 0 aliphatic heterocycles. The number of ether oxygens (including phenoxy) is 1. The van der Waals surface area contributed by atoms with Crippen LogP contribution < -0.4 is 4.74 Å². The summed E-state index contributed by atoms with van der Waals surface area (Å²) in [5.41, 5.74) is 1.32. The molecule has 0 saturated carbocycles. The van der Waals surface area contributed by atoms with E-state index >= 15 is 0 Å². The second-order valence-electron chi connectivity index (χ2n) is 5.73. The normalized spacial score (nSPS) is 11.4. The molecule has 0 bridgehead atoms. The fourth-order valence-corrected chi connectivity index (χ4v) is 3.05. The van der Waals surface area contributed by atoms with Crippen molar-refractivity contribution in [2.75, 3.05) is 7.11 Å². The molecule has 0 amide bonds. The molecule has 112 valence electrons. The maximum atomic E-state index is 11.4. The van der Waals surface area contributed by atoms with Gasteiger partial charge in [-0.3, -0.25) is 0 Å². The first kappa shape index (κ1) is 15.4. The van der Waals surface area contributed by atoms with Gasteiger partial charge in [0.15, 0.2) is 0 Å². The van der Waals surface area contributed by atoms with E-state index in [4.69, 9.17) is 4.74 Å². The number of pyridine rings is 1. The molecule has 2 aromatic rings. The van der Waals surface area contributed by atoms with Gasteiger partial charge < -0.3 is 9.84 Å². The summed E-state index contributed by atoms with van der Waals surface area (Å²) in [5.74, 6) is -0.365. The predicted molar refractivity (Wildman–Crippen MR) is 81.4 cm³/mol. The van der Waals surface area contributed by atoms with Gasteiger partial charge in [0.2, 0.25) is 5.88 Å². The van der Waals surface area contributed by atoms with Crippen LogP contribution in [0, 0.1) is 0 Å². The second kappa shape index (κ2) is 5.81. The first-order valence-electron chi connectivity index (χ1n) is 6.53. The van der Waals surface area contributed by atoms with E-state index < -0.39 is 5.97 Å². The van der Waals surface area contributed by atoms with Gasteiger partial charge in [0.25, 0.3) is 0 Å². The van der Waals surface area contributed by atoms with Crippen molar-refractivity contribution in [1.82, 2.24) is 9.97 Å². The summed E-state index contributed by atoms with van der Waals surface area (Å²) >= 11 is 1.23. The Hall–Kier alpha value is -1.95. The Morgan fingerprint density at radius 1 is 1.38 bits per heavy atom. The predicted octanol–water partition coefficient (Wildman–Crippen LogP) is 3.13. The number of aromatic nitrogens is 2. The number of thiazole rings is 1. The van der Waals surface area contributed by atoms with Crippen molar-refractivity contribution in [1.29, 1.82) is 0 Å². The zero-order valence-electron chi connectivity index (χ0n) is 12.5. The standard InChI is InChI=1S/C15H18N2O3S/c1-15(2,3)13-12(14(18)19)21-11(17-13)7-9-5-6-10(20-4)16-8-9/h5-6,8H,7H2,1-4H3,(H,18,19). The third-order valence-electron chi connectivity index (χ3n) is 2.94. The minimum atomic E-state index is -0.920. The zero-order chi connectivity index (χ0) is 15.6. The number of aromatic carboxylic acids is 1. The quantitative estimate of drug-likeness (QED) is 0.939. The van der Waals surface area contributed by atoms with Crippen LogP contribution in [-0.2, 0) is 11.8 Å². The Balaban J connectivity index is 2.30. The molecule has 2 heterocycles. The molecule has 5 nitrogen and oxygen atoms in total. The summed E-state index contributed by atoms with van der Waals surface area (Å²) in [4.78, 5) is 20.3. The van der Waals surface area contributed by atoms with Crippen LogP contribution >= 0.6 is 11.3 Å². The van der Waals surface area contributed by atoms with Crippen LogP contribution in [-0.4, -0.2) is 28.2 Å². The van der Waals surface area contributed by atoms with Crippen molar-refractivity contribution < 1.29 is 14.6 Å². The Morgan fingerprint density at radius 2 is 2.10 bits per heavy atom. The lowest BCUT2D eigenvalue weighted by Crippen LogP contribution is -2.16. The molecule has 6 heteroatoms. The van der Waals surface area contributed by atoms with Crippen LogP contribution in [0.2, 0.25) is 0 Å². The summed E-state index contributed by atoms with van der Waals surface area (Å²) in [7, 11) is 1.57. The van der Waals surface area contributed by atoms with Crippen molar-refractivity contribution in [3.8, 4) is 5.88 Å². The van der Waals surface area contributed by atoms with Crippen molar-refractivity contribution in [3.05, 3.63) is 39.5 Å². The average molecular weight is 306 g/mol. The van der Waals surface area contributed by atoms with Gasteiger partial charge in [-0.2, -0.15) is 0 Å². The van der Waals surface area contributed by atoms with E-state index in [2.05, 4.69) is 9.97 Å². The van der Waals surface area contributed by atoms with Gasteiger partial charge in [-0.15, -0.1) is 11.3 Å². The molecule has 0 saturated heterocycles. The highest BCUT2D eigenvalue weighted by atomic mass is 32.1. The molecule has 0 atom stereocenters.